The number of benzene rings is 2. The van der Waals surface area contributed by atoms with Gasteiger partial charge in [-0.3, -0.25) is 14.9 Å². The summed E-state index contributed by atoms with van der Waals surface area (Å²) in [6.45, 7) is 0. The molecule has 0 fully saturated rings. The number of allylic oxidation sites excluding steroid dienone is 1. The maximum Gasteiger partial charge on any atom is 0.269 e. The summed E-state index contributed by atoms with van der Waals surface area (Å²) in [6.07, 6.45) is 2.85. The van der Waals surface area contributed by atoms with Crippen LogP contribution >= 0.6 is 0 Å². The van der Waals surface area contributed by atoms with Crippen molar-refractivity contribution in [3.05, 3.63) is 94.0 Å². The molecule has 6 heteroatoms. The Labute approximate surface area is 142 Å². The largest absolute Gasteiger partial charge is 0.457 e. The quantitative estimate of drug-likeness (QED) is 0.287. The maximum atomic E-state index is 12.9. The molecule has 0 spiro atoms. The monoisotopic (exact) mass is 337 g/mol. The van der Waals surface area contributed by atoms with Crippen LogP contribution < -0.4 is 0 Å². The third-order valence-corrected chi connectivity index (χ3v) is 3.52. The lowest BCUT2D eigenvalue weighted by Crippen LogP contribution is -1.93. The number of ketones is 1. The number of nitrogens with zero attached hydrogens (tertiary/aromatic N) is 1. The average molecular weight is 337 g/mol. The Balaban J connectivity index is 1.73. The number of carbonyl (C=O) groups is 1. The van der Waals surface area contributed by atoms with Crippen molar-refractivity contribution in [1.82, 2.24) is 0 Å². The summed E-state index contributed by atoms with van der Waals surface area (Å²) < 4.78 is 18.5. The molecule has 0 N–H and O–H groups in total. The second kappa shape index (κ2) is 6.92. The SMILES string of the molecule is O=C(C=Cc1ccc(-c2ccc([N+](=O)[O-])cc2)o1)c1ccc(F)cc1. The van der Waals surface area contributed by atoms with Crippen LogP contribution in [-0.4, -0.2) is 10.7 Å². The number of hydrogen-bond acceptors (Lipinski definition) is 4. The zero-order valence-corrected chi connectivity index (χ0v) is 12.9. The molecule has 0 bridgehead atoms. The summed E-state index contributed by atoms with van der Waals surface area (Å²) in [6, 6.07) is 14.6. The Morgan fingerprint density at radius 2 is 1.68 bits per heavy atom. The fraction of sp³-hybridized carbons (Fsp3) is 0. The number of furan rings is 1. The van der Waals surface area contributed by atoms with Crippen LogP contribution in [-0.2, 0) is 0 Å². The molecule has 3 rings (SSSR count). The van der Waals surface area contributed by atoms with Crippen molar-refractivity contribution in [2.45, 2.75) is 0 Å². The zero-order chi connectivity index (χ0) is 17.8. The molecule has 1 aromatic heterocycles. The zero-order valence-electron chi connectivity index (χ0n) is 12.9. The van der Waals surface area contributed by atoms with Gasteiger partial charge in [0.2, 0.25) is 0 Å². The Hall–Kier alpha value is -3.54. The maximum absolute atomic E-state index is 12.9. The van der Waals surface area contributed by atoms with E-state index >= 15 is 0 Å². The molecule has 124 valence electrons. The number of nitro benzene ring substituents is 1. The predicted octanol–water partition coefficient (Wildman–Crippen LogP) is 4.89. The third-order valence-electron chi connectivity index (χ3n) is 3.52. The highest BCUT2D eigenvalue weighted by Gasteiger charge is 2.08. The van der Waals surface area contributed by atoms with Gasteiger partial charge in [0.05, 0.1) is 4.92 Å². The van der Waals surface area contributed by atoms with Gasteiger partial charge in [-0.25, -0.2) is 4.39 Å². The van der Waals surface area contributed by atoms with Crippen LogP contribution in [0.25, 0.3) is 17.4 Å². The molecule has 0 aliphatic rings. The van der Waals surface area contributed by atoms with Crippen molar-refractivity contribution in [1.29, 1.82) is 0 Å². The van der Waals surface area contributed by atoms with Crippen LogP contribution in [0.15, 0.2) is 71.2 Å². The smallest absolute Gasteiger partial charge is 0.269 e. The van der Waals surface area contributed by atoms with Gasteiger partial charge in [0, 0.05) is 23.3 Å². The van der Waals surface area contributed by atoms with E-state index in [9.17, 15) is 19.3 Å². The summed E-state index contributed by atoms with van der Waals surface area (Å²) in [5, 5.41) is 10.7. The van der Waals surface area contributed by atoms with Gasteiger partial charge in [0.25, 0.3) is 5.69 Å². The van der Waals surface area contributed by atoms with Gasteiger partial charge >= 0.3 is 0 Å². The van der Waals surface area contributed by atoms with Gasteiger partial charge in [-0.2, -0.15) is 0 Å². The molecule has 1 heterocycles. The van der Waals surface area contributed by atoms with Crippen molar-refractivity contribution >= 4 is 17.5 Å². The second-order valence-electron chi connectivity index (χ2n) is 5.21. The number of carbonyl (C=O) groups excluding carboxylic acids is 1. The first kappa shape index (κ1) is 16.3. The lowest BCUT2D eigenvalue weighted by molar-refractivity contribution is -0.384. The Morgan fingerprint density at radius 3 is 2.32 bits per heavy atom. The molecule has 0 amide bonds. The first-order chi connectivity index (χ1) is 12.0. The summed E-state index contributed by atoms with van der Waals surface area (Å²) in [7, 11) is 0. The number of nitro groups is 1. The molecule has 0 saturated carbocycles. The van der Waals surface area contributed by atoms with Gasteiger partial charge in [-0.05, 0) is 60.7 Å². The third kappa shape index (κ3) is 3.87. The summed E-state index contributed by atoms with van der Waals surface area (Å²) >= 11 is 0. The molecule has 0 radical (unpaired) electrons. The van der Waals surface area contributed by atoms with E-state index in [1.54, 1.807) is 24.3 Å². The standard InChI is InChI=1S/C19H12FNO4/c20-15-5-1-13(2-6-15)18(22)11-9-17-10-12-19(25-17)14-3-7-16(8-4-14)21(23)24/h1-12H. The van der Waals surface area contributed by atoms with E-state index in [1.807, 2.05) is 0 Å². The van der Waals surface area contributed by atoms with Gasteiger partial charge in [0.15, 0.2) is 5.78 Å². The first-order valence-electron chi connectivity index (χ1n) is 7.35. The van der Waals surface area contributed by atoms with Gasteiger partial charge < -0.3 is 4.42 Å². The van der Waals surface area contributed by atoms with Crippen LogP contribution in [0.3, 0.4) is 0 Å². The average Bonchev–Trinajstić information content (AvgIpc) is 3.09. The van der Waals surface area contributed by atoms with Crippen LogP contribution in [0.2, 0.25) is 0 Å². The summed E-state index contributed by atoms with van der Waals surface area (Å²) in [5.74, 6) is 0.320. The molecule has 25 heavy (non-hydrogen) atoms. The molecule has 5 nitrogen and oxygen atoms in total. The van der Waals surface area contributed by atoms with Gasteiger partial charge in [-0.15, -0.1) is 0 Å². The molecule has 0 unspecified atom stereocenters. The van der Waals surface area contributed by atoms with Gasteiger partial charge in [0.1, 0.15) is 17.3 Å². The lowest BCUT2D eigenvalue weighted by atomic mass is 10.1. The lowest BCUT2D eigenvalue weighted by Gasteiger charge is -1.96. The van der Waals surface area contributed by atoms with E-state index in [0.717, 1.165) is 0 Å². The molecular weight excluding hydrogens is 325 g/mol. The molecule has 0 aliphatic carbocycles. The van der Waals surface area contributed by atoms with Crippen molar-refractivity contribution in [3.63, 3.8) is 0 Å². The van der Waals surface area contributed by atoms with Crippen LogP contribution in [0.5, 0.6) is 0 Å². The van der Waals surface area contributed by atoms with Crippen molar-refractivity contribution in [3.8, 4) is 11.3 Å². The fourth-order valence-corrected chi connectivity index (χ4v) is 2.21. The van der Waals surface area contributed by atoms with Crippen LogP contribution in [0.1, 0.15) is 16.1 Å². The number of non-ortho nitro benzene ring substituents is 1. The summed E-state index contributed by atoms with van der Waals surface area (Å²) in [4.78, 5) is 22.2. The second-order valence-corrected chi connectivity index (χ2v) is 5.21. The summed E-state index contributed by atoms with van der Waals surface area (Å²) in [5.41, 5.74) is 1.07. The van der Waals surface area contributed by atoms with E-state index in [2.05, 4.69) is 0 Å². The van der Waals surface area contributed by atoms with E-state index in [4.69, 9.17) is 4.42 Å². The van der Waals surface area contributed by atoms with E-state index in [1.165, 1.54) is 48.6 Å². The minimum atomic E-state index is -0.471. The topological polar surface area (TPSA) is 73.3 Å². The molecule has 0 saturated heterocycles. The highest BCUT2D eigenvalue weighted by Crippen LogP contribution is 2.25. The van der Waals surface area contributed by atoms with E-state index in [-0.39, 0.29) is 11.5 Å². The van der Waals surface area contributed by atoms with E-state index < -0.39 is 10.7 Å². The van der Waals surface area contributed by atoms with Crippen molar-refractivity contribution in [2.75, 3.05) is 0 Å². The molecule has 2 aromatic carbocycles. The number of halogens is 1. The van der Waals surface area contributed by atoms with Crippen LogP contribution in [0, 0.1) is 15.9 Å². The van der Waals surface area contributed by atoms with Crippen molar-refractivity contribution in [2.24, 2.45) is 0 Å². The fourth-order valence-electron chi connectivity index (χ4n) is 2.21. The Bertz CT molecular complexity index is 940. The van der Waals surface area contributed by atoms with Crippen molar-refractivity contribution < 1.29 is 18.5 Å². The molecule has 3 aromatic rings. The predicted molar refractivity (Wildman–Crippen MR) is 90.6 cm³/mol. The number of rotatable bonds is 5. The van der Waals surface area contributed by atoms with Gasteiger partial charge in [-0.1, -0.05) is 0 Å². The highest BCUT2D eigenvalue weighted by molar-refractivity contribution is 6.06. The first-order valence-corrected chi connectivity index (χ1v) is 7.35. The Kier molecular flexibility index (Phi) is 4.52. The number of hydrogen-bond donors (Lipinski definition) is 0. The minimum absolute atomic E-state index is 0.000296. The highest BCUT2D eigenvalue weighted by atomic mass is 19.1. The normalized spacial score (nSPS) is 10.9. The Morgan fingerprint density at radius 1 is 1.00 bits per heavy atom. The molecular formula is C19H12FNO4. The van der Waals surface area contributed by atoms with E-state index in [0.29, 0.717) is 22.6 Å². The van der Waals surface area contributed by atoms with Crippen LogP contribution in [0.4, 0.5) is 10.1 Å². The molecule has 0 aliphatic heterocycles. The molecule has 0 atom stereocenters. The minimum Gasteiger partial charge on any atom is -0.457 e.